The summed E-state index contributed by atoms with van der Waals surface area (Å²) < 4.78 is 5.78. The predicted octanol–water partition coefficient (Wildman–Crippen LogP) is 6.30. The Hall–Kier alpha value is -2.73. The maximum absolute atomic E-state index is 11.0. The molecule has 0 bridgehead atoms. The van der Waals surface area contributed by atoms with Crippen LogP contribution < -0.4 is 4.90 Å². The molecule has 7 nitrogen and oxygen atoms in total. The van der Waals surface area contributed by atoms with Crippen LogP contribution in [0, 0.1) is 11.3 Å². The lowest BCUT2D eigenvalue weighted by Crippen LogP contribution is -2.28. The van der Waals surface area contributed by atoms with Crippen molar-refractivity contribution in [3.8, 4) is 6.07 Å². The Balaban J connectivity index is 1.71. The predicted molar refractivity (Wildman–Crippen MR) is 119 cm³/mol. The van der Waals surface area contributed by atoms with Crippen LogP contribution in [-0.2, 0) is 9.53 Å². The van der Waals surface area contributed by atoms with Crippen LogP contribution in [0.25, 0.3) is 10.2 Å². The van der Waals surface area contributed by atoms with Gasteiger partial charge in [0.1, 0.15) is 6.61 Å². The zero-order valence-corrected chi connectivity index (χ0v) is 18.3. The van der Waals surface area contributed by atoms with Crippen LogP contribution in [0.1, 0.15) is 13.3 Å². The molecule has 0 spiro atoms. The molecule has 3 aromatic rings. The summed E-state index contributed by atoms with van der Waals surface area (Å²) in [5, 5.41) is 18.7. The Labute approximate surface area is 187 Å². The molecule has 0 aliphatic rings. The van der Waals surface area contributed by atoms with E-state index in [9.17, 15) is 4.79 Å². The van der Waals surface area contributed by atoms with E-state index in [-0.39, 0.29) is 12.6 Å². The quantitative estimate of drug-likeness (QED) is 0.289. The molecule has 10 heteroatoms. The summed E-state index contributed by atoms with van der Waals surface area (Å²) in [5.41, 5.74) is 2.28. The molecule has 0 saturated heterocycles. The van der Waals surface area contributed by atoms with Crippen molar-refractivity contribution >= 4 is 67.2 Å². The zero-order chi connectivity index (χ0) is 21.5. The monoisotopic (exact) mass is 461 g/mol. The first-order chi connectivity index (χ1) is 14.5. The highest BCUT2D eigenvalue weighted by atomic mass is 35.5. The number of thiazole rings is 1. The lowest BCUT2D eigenvalue weighted by Gasteiger charge is -2.23. The van der Waals surface area contributed by atoms with Crippen molar-refractivity contribution in [3.05, 3.63) is 46.4 Å². The van der Waals surface area contributed by atoms with Crippen LogP contribution in [0.15, 0.2) is 46.6 Å². The highest BCUT2D eigenvalue weighted by molar-refractivity contribution is 7.22. The number of carbonyl (C=O) groups is 1. The van der Waals surface area contributed by atoms with E-state index in [1.54, 1.807) is 12.1 Å². The number of rotatable bonds is 8. The summed E-state index contributed by atoms with van der Waals surface area (Å²) in [6.07, 6.45) is 0.367. The van der Waals surface area contributed by atoms with Gasteiger partial charge in [0.25, 0.3) is 0 Å². The molecule has 1 aromatic heterocycles. The van der Waals surface area contributed by atoms with Gasteiger partial charge in [0.15, 0.2) is 0 Å². The Bertz CT molecular complexity index is 1110. The summed E-state index contributed by atoms with van der Waals surface area (Å²) >= 11 is 13.6. The van der Waals surface area contributed by atoms with E-state index in [0.717, 1.165) is 15.9 Å². The van der Waals surface area contributed by atoms with E-state index in [2.05, 4.69) is 21.3 Å². The largest absolute Gasteiger partial charge is 0.464 e. The fourth-order valence-corrected chi connectivity index (χ4v) is 3.97. The number of hydrogen-bond acceptors (Lipinski definition) is 8. The fraction of sp³-hybridized carbons (Fsp3) is 0.250. The number of anilines is 1. The van der Waals surface area contributed by atoms with Gasteiger partial charge in [-0.05, 0) is 36.4 Å². The average Bonchev–Trinajstić information content (AvgIpc) is 3.16. The molecule has 0 fully saturated rings. The molecule has 0 aliphatic carbocycles. The summed E-state index contributed by atoms with van der Waals surface area (Å²) in [5.74, 6) is -0.329. The van der Waals surface area contributed by atoms with Crippen molar-refractivity contribution in [2.75, 3.05) is 24.6 Å². The lowest BCUT2D eigenvalue weighted by molar-refractivity contribution is -0.140. The van der Waals surface area contributed by atoms with Gasteiger partial charge >= 0.3 is 5.97 Å². The first kappa shape index (κ1) is 22.0. The third kappa shape index (κ3) is 5.66. The SMILES string of the molecule is CC(=O)OCCN(CCC#N)c1ccc(N=Nc2nc3ccc(Cl)c(Cl)c3s2)cc1. The van der Waals surface area contributed by atoms with Crippen molar-refractivity contribution < 1.29 is 9.53 Å². The first-order valence-corrected chi connectivity index (χ1v) is 10.6. The number of ether oxygens (including phenoxy) is 1. The van der Waals surface area contributed by atoms with Crippen molar-refractivity contribution in [1.82, 2.24) is 4.98 Å². The second-order valence-electron chi connectivity index (χ2n) is 6.16. The summed E-state index contributed by atoms with van der Waals surface area (Å²) in [4.78, 5) is 17.3. The second-order valence-corrected chi connectivity index (χ2v) is 7.92. The Morgan fingerprint density at radius 1 is 1.20 bits per heavy atom. The number of nitrogens with zero attached hydrogens (tertiary/aromatic N) is 5. The van der Waals surface area contributed by atoms with Crippen LogP contribution in [0.3, 0.4) is 0 Å². The first-order valence-electron chi connectivity index (χ1n) is 8.99. The molecule has 3 rings (SSSR count). The average molecular weight is 462 g/mol. The van der Waals surface area contributed by atoms with Crippen LogP contribution in [0.5, 0.6) is 0 Å². The van der Waals surface area contributed by atoms with Gasteiger partial charge < -0.3 is 9.64 Å². The van der Waals surface area contributed by atoms with Crippen LogP contribution >= 0.6 is 34.5 Å². The molecule has 1 heterocycles. The van der Waals surface area contributed by atoms with Gasteiger partial charge in [-0.3, -0.25) is 4.79 Å². The van der Waals surface area contributed by atoms with Gasteiger partial charge in [0, 0.05) is 19.2 Å². The topological polar surface area (TPSA) is 90.9 Å². The van der Waals surface area contributed by atoms with Gasteiger partial charge in [-0.15, -0.1) is 10.2 Å². The number of benzene rings is 2. The molecule has 0 atom stereocenters. The summed E-state index contributed by atoms with van der Waals surface area (Å²) in [7, 11) is 0. The smallest absolute Gasteiger partial charge is 0.302 e. The minimum Gasteiger partial charge on any atom is -0.464 e. The number of azo groups is 1. The molecule has 2 aromatic carbocycles. The highest BCUT2D eigenvalue weighted by Crippen LogP contribution is 2.37. The molecule has 0 aliphatic heterocycles. The number of carbonyl (C=O) groups excluding carboxylic acids is 1. The zero-order valence-electron chi connectivity index (χ0n) is 16.0. The molecular weight excluding hydrogens is 445 g/mol. The minimum atomic E-state index is -0.329. The maximum atomic E-state index is 11.0. The summed E-state index contributed by atoms with van der Waals surface area (Å²) in [6.45, 7) is 2.66. The van der Waals surface area contributed by atoms with Crippen LogP contribution in [-0.4, -0.2) is 30.6 Å². The Kier molecular flexibility index (Phi) is 7.57. The van der Waals surface area contributed by atoms with Gasteiger partial charge in [-0.1, -0.05) is 34.5 Å². The van der Waals surface area contributed by atoms with Gasteiger partial charge in [0.2, 0.25) is 5.13 Å². The van der Waals surface area contributed by atoms with E-state index in [1.165, 1.54) is 18.3 Å². The van der Waals surface area contributed by atoms with Crippen molar-refractivity contribution in [2.24, 2.45) is 10.2 Å². The third-order valence-electron chi connectivity index (χ3n) is 4.06. The summed E-state index contributed by atoms with van der Waals surface area (Å²) in [6, 6.07) is 13.0. The van der Waals surface area contributed by atoms with E-state index in [1.807, 2.05) is 29.2 Å². The Morgan fingerprint density at radius 2 is 1.97 bits per heavy atom. The number of aromatic nitrogens is 1. The fourth-order valence-electron chi connectivity index (χ4n) is 2.65. The molecule has 0 amide bonds. The van der Waals surface area contributed by atoms with Crippen LogP contribution in [0.4, 0.5) is 16.5 Å². The molecule has 0 saturated carbocycles. The number of esters is 1. The number of hydrogen-bond donors (Lipinski definition) is 0. The maximum Gasteiger partial charge on any atom is 0.302 e. The number of nitriles is 1. The van der Waals surface area contributed by atoms with Gasteiger partial charge in [-0.2, -0.15) is 5.26 Å². The molecule has 0 radical (unpaired) electrons. The van der Waals surface area contributed by atoms with Crippen molar-refractivity contribution in [3.63, 3.8) is 0 Å². The Morgan fingerprint density at radius 3 is 2.67 bits per heavy atom. The standard InChI is InChI=1S/C20H17Cl2N5O2S/c1-13(28)29-12-11-27(10-2-9-23)15-5-3-14(4-6-15)25-26-20-24-17-8-7-16(21)18(22)19(17)30-20/h3-8H,2,10-12H2,1H3. The molecule has 0 N–H and O–H groups in total. The van der Waals surface area contributed by atoms with E-state index >= 15 is 0 Å². The second kappa shape index (κ2) is 10.3. The molecule has 154 valence electrons. The van der Waals surface area contributed by atoms with E-state index < -0.39 is 0 Å². The lowest BCUT2D eigenvalue weighted by atomic mass is 10.2. The van der Waals surface area contributed by atoms with E-state index in [4.69, 9.17) is 33.2 Å². The molecule has 0 unspecified atom stereocenters. The van der Waals surface area contributed by atoms with Crippen molar-refractivity contribution in [1.29, 1.82) is 5.26 Å². The molecular formula is C20H17Cl2N5O2S. The van der Waals surface area contributed by atoms with E-state index in [0.29, 0.717) is 40.4 Å². The van der Waals surface area contributed by atoms with Crippen LogP contribution in [0.2, 0.25) is 10.0 Å². The highest BCUT2D eigenvalue weighted by Gasteiger charge is 2.10. The minimum absolute atomic E-state index is 0.256. The van der Waals surface area contributed by atoms with Gasteiger partial charge in [-0.25, -0.2) is 4.98 Å². The number of fused-ring (bicyclic) bond motifs is 1. The molecule has 30 heavy (non-hydrogen) atoms. The van der Waals surface area contributed by atoms with Gasteiger partial charge in [0.05, 0.1) is 45.0 Å². The van der Waals surface area contributed by atoms with Crippen molar-refractivity contribution in [2.45, 2.75) is 13.3 Å². The normalized spacial score (nSPS) is 11.0. The number of halogens is 2. The third-order valence-corrected chi connectivity index (χ3v) is 5.95.